The van der Waals surface area contributed by atoms with Crippen LogP contribution in [0.25, 0.3) is 11.2 Å². The summed E-state index contributed by atoms with van der Waals surface area (Å²) in [7, 11) is 0. The van der Waals surface area contributed by atoms with Gasteiger partial charge in [0.25, 0.3) is 5.56 Å². The van der Waals surface area contributed by atoms with Crippen LogP contribution in [0.3, 0.4) is 0 Å². The third-order valence-electron chi connectivity index (χ3n) is 4.62. The molecule has 0 fully saturated rings. The molecule has 0 aliphatic rings. The number of rotatable bonds is 6. The van der Waals surface area contributed by atoms with Crippen LogP contribution in [-0.4, -0.2) is 43.0 Å². The number of nitrogens with zero attached hydrogens (tertiary/aromatic N) is 3. The molecule has 4 rings (SSSR count). The van der Waals surface area contributed by atoms with Crippen molar-refractivity contribution in [2.45, 2.75) is 6.54 Å². The highest BCUT2D eigenvalue weighted by atomic mass is 16.6. The fraction of sp³-hybridized carbons (Fsp3) is 0.0455. The first-order valence-electron chi connectivity index (χ1n) is 9.76. The highest BCUT2D eigenvalue weighted by Gasteiger charge is 2.21. The zero-order valence-corrected chi connectivity index (χ0v) is 17.3. The smallest absolute Gasteiger partial charge is 0.346 e. The number of nitrogen functional groups attached to an aromatic ring is 1. The number of carbonyl (C=O) groups excluding carboxylic acids is 2. The van der Waals surface area contributed by atoms with E-state index in [-0.39, 0.29) is 40.3 Å². The van der Waals surface area contributed by atoms with Crippen LogP contribution in [0, 0.1) is 0 Å². The Balaban J connectivity index is 1.52. The Kier molecular flexibility index (Phi) is 5.95. The molecule has 12 heteroatoms. The number of carboxylic acid groups (broad SMARTS) is 1. The van der Waals surface area contributed by atoms with Crippen molar-refractivity contribution in [3.05, 3.63) is 87.5 Å². The number of fused-ring (bicyclic) bond motifs is 1. The van der Waals surface area contributed by atoms with Gasteiger partial charge in [0.2, 0.25) is 5.95 Å². The molecule has 2 aromatic heterocycles. The molecule has 34 heavy (non-hydrogen) atoms. The van der Waals surface area contributed by atoms with Gasteiger partial charge in [-0.05, 0) is 30.3 Å². The number of benzene rings is 2. The second-order valence-electron chi connectivity index (χ2n) is 6.95. The maximum atomic E-state index is 12.4. The van der Waals surface area contributed by atoms with Crippen molar-refractivity contribution in [3.63, 3.8) is 0 Å². The van der Waals surface area contributed by atoms with Gasteiger partial charge in [0, 0.05) is 5.69 Å². The summed E-state index contributed by atoms with van der Waals surface area (Å²) in [6, 6.07) is 11.7. The van der Waals surface area contributed by atoms with Gasteiger partial charge in [-0.2, -0.15) is 4.98 Å². The molecule has 0 saturated carbocycles. The number of esters is 2. The fourth-order valence-corrected chi connectivity index (χ4v) is 3.03. The molecule has 2 aromatic carbocycles. The predicted molar refractivity (Wildman–Crippen MR) is 119 cm³/mol. The van der Waals surface area contributed by atoms with E-state index < -0.39 is 23.5 Å². The van der Waals surface area contributed by atoms with Gasteiger partial charge >= 0.3 is 17.9 Å². The average molecular weight is 460 g/mol. The number of anilines is 2. The minimum absolute atomic E-state index is 0.000835. The largest absolute Gasteiger partial charge is 0.478 e. The first-order valence-corrected chi connectivity index (χ1v) is 9.76. The quantitative estimate of drug-likeness (QED) is 0.241. The number of aromatic nitrogens is 4. The summed E-state index contributed by atoms with van der Waals surface area (Å²) >= 11 is 0. The number of aromatic carboxylic acids is 1. The van der Waals surface area contributed by atoms with Gasteiger partial charge in [0.05, 0.1) is 35.1 Å². The Bertz CT molecular complexity index is 1480. The van der Waals surface area contributed by atoms with E-state index in [9.17, 15) is 24.3 Å². The molecule has 0 aliphatic carbocycles. The Morgan fingerprint density at radius 2 is 1.79 bits per heavy atom. The van der Waals surface area contributed by atoms with Crippen molar-refractivity contribution in [3.8, 4) is 0 Å². The van der Waals surface area contributed by atoms with Crippen LogP contribution in [-0.2, 0) is 11.3 Å². The molecule has 0 amide bonds. The number of ether oxygens (including phenoxy) is 1. The number of nitrogens with two attached hydrogens (primary N) is 1. The van der Waals surface area contributed by atoms with Gasteiger partial charge < -0.3 is 20.9 Å². The predicted octanol–water partition coefficient (Wildman–Crippen LogP) is 1.60. The summed E-state index contributed by atoms with van der Waals surface area (Å²) in [4.78, 5) is 62.7. The van der Waals surface area contributed by atoms with Crippen molar-refractivity contribution in [1.29, 1.82) is 0 Å². The molecule has 5 N–H and O–H groups in total. The summed E-state index contributed by atoms with van der Waals surface area (Å²) in [6.45, 7) is 0.0854. The zero-order valence-electron chi connectivity index (χ0n) is 17.3. The van der Waals surface area contributed by atoms with E-state index in [4.69, 9.17) is 10.5 Å². The lowest BCUT2D eigenvalue weighted by molar-refractivity contribution is 0.0392. The molecular formula is C22H16N6O6. The average Bonchev–Trinajstić information content (AvgIpc) is 2.83. The first-order chi connectivity index (χ1) is 16.3. The van der Waals surface area contributed by atoms with Crippen molar-refractivity contribution in [1.82, 2.24) is 19.9 Å². The summed E-state index contributed by atoms with van der Waals surface area (Å²) in [5, 5.41) is 12.5. The molecule has 0 aliphatic heterocycles. The molecule has 0 bridgehead atoms. The molecule has 0 radical (unpaired) electrons. The summed E-state index contributed by atoms with van der Waals surface area (Å²) in [5.74, 6) is -3.46. The lowest BCUT2D eigenvalue weighted by Gasteiger charge is -2.10. The molecule has 4 aromatic rings. The van der Waals surface area contributed by atoms with E-state index in [1.54, 1.807) is 18.2 Å². The van der Waals surface area contributed by atoms with Crippen LogP contribution >= 0.6 is 0 Å². The number of carbonyl (C=O) groups is 3. The van der Waals surface area contributed by atoms with Crippen LogP contribution in [0.2, 0.25) is 0 Å². The number of nitrogens with one attached hydrogen (secondary N) is 2. The monoisotopic (exact) mass is 460 g/mol. The second kappa shape index (κ2) is 9.16. The summed E-state index contributed by atoms with van der Waals surface area (Å²) in [6.07, 6.45) is 1.39. The van der Waals surface area contributed by atoms with Crippen LogP contribution in [0.5, 0.6) is 0 Å². The summed E-state index contributed by atoms with van der Waals surface area (Å²) in [5.41, 5.74) is 5.24. The number of aromatic amines is 1. The molecule has 0 atom stereocenters. The van der Waals surface area contributed by atoms with E-state index in [0.717, 1.165) is 0 Å². The lowest BCUT2D eigenvalue weighted by Crippen LogP contribution is -2.17. The third-order valence-corrected chi connectivity index (χ3v) is 4.62. The number of hydrogen-bond acceptors (Lipinski definition) is 10. The van der Waals surface area contributed by atoms with Crippen molar-refractivity contribution >= 4 is 40.7 Å². The third kappa shape index (κ3) is 4.70. The highest BCUT2D eigenvalue weighted by Crippen LogP contribution is 2.19. The zero-order chi connectivity index (χ0) is 24.2. The minimum atomic E-state index is -1.39. The van der Waals surface area contributed by atoms with Crippen LogP contribution in [0.1, 0.15) is 36.8 Å². The van der Waals surface area contributed by atoms with E-state index in [0.29, 0.717) is 11.4 Å². The Labute approximate surface area is 190 Å². The van der Waals surface area contributed by atoms with E-state index in [1.165, 1.54) is 36.5 Å². The number of carboxylic acids is 1. The second-order valence-corrected chi connectivity index (χ2v) is 6.95. The minimum Gasteiger partial charge on any atom is -0.478 e. The van der Waals surface area contributed by atoms with E-state index >= 15 is 0 Å². The van der Waals surface area contributed by atoms with Crippen LogP contribution < -0.4 is 16.6 Å². The SMILES string of the molecule is Nc1nc2ncc(CNc3ccc(C(=O)OC(=O)c4ccccc4)c(C(=O)O)c3)nc2c(=O)[nH]1. The Hall–Kier alpha value is -5.13. The molecule has 170 valence electrons. The fourth-order valence-electron chi connectivity index (χ4n) is 3.03. The van der Waals surface area contributed by atoms with Crippen molar-refractivity contribution in [2.24, 2.45) is 0 Å². The molecule has 0 saturated heterocycles. The molecule has 12 nitrogen and oxygen atoms in total. The normalized spacial score (nSPS) is 10.6. The Morgan fingerprint density at radius 1 is 1.03 bits per heavy atom. The first kappa shape index (κ1) is 22.1. The van der Waals surface area contributed by atoms with E-state index in [1.807, 2.05) is 0 Å². The van der Waals surface area contributed by atoms with Gasteiger partial charge in [-0.3, -0.25) is 9.78 Å². The standard InChI is InChI=1S/C22H16N6O6/c23-22-27-17-16(18(29)28-22)26-13(10-25-17)9-24-12-6-7-14(15(8-12)19(30)31)21(33)34-20(32)11-4-2-1-3-5-11/h1-8,10,24H,9H2,(H,30,31)(H3,23,25,27,28,29). The van der Waals surface area contributed by atoms with Gasteiger partial charge in [0.1, 0.15) is 0 Å². The maximum Gasteiger partial charge on any atom is 0.346 e. The van der Waals surface area contributed by atoms with Crippen LogP contribution in [0.15, 0.2) is 59.5 Å². The number of hydrogen-bond donors (Lipinski definition) is 4. The molecule has 0 spiro atoms. The van der Waals surface area contributed by atoms with Crippen molar-refractivity contribution < 1.29 is 24.2 Å². The van der Waals surface area contributed by atoms with Gasteiger partial charge in [-0.25, -0.2) is 24.4 Å². The maximum absolute atomic E-state index is 12.4. The molecular weight excluding hydrogens is 444 g/mol. The number of H-pyrrole nitrogens is 1. The van der Waals surface area contributed by atoms with Gasteiger partial charge in [0.15, 0.2) is 11.2 Å². The summed E-state index contributed by atoms with van der Waals surface area (Å²) < 4.78 is 4.82. The highest BCUT2D eigenvalue weighted by molar-refractivity contribution is 6.08. The molecule has 0 unspecified atom stereocenters. The van der Waals surface area contributed by atoms with Crippen molar-refractivity contribution in [2.75, 3.05) is 11.1 Å². The molecule has 2 heterocycles. The van der Waals surface area contributed by atoms with Gasteiger partial charge in [-0.15, -0.1) is 0 Å². The Morgan fingerprint density at radius 3 is 2.53 bits per heavy atom. The van der Waals surface area contributed by atoms with E-state index in [2.05, 4.69) is 25.3 Å². The topological polar surface area (TPSA) is 190 Å². The van der Waals surface area contributed by atoms with Gasteiger partial charge in [-0.1, -0.05) is 18.2 Å². The lowest BCUT2D eigenvalue weighted by atomic mass is 10.1. The van der Waals surface area contributed by atoms with Crippen LogP contribution in [0.4, 0.5) is 11.6 Å².